The Morgan fingerprint density at radius 3 is 2.25 bits per heavy atom. The van der Waals surface area contributed by atoms with E-state index in [1.54, 1.807) is 19.2 Å². The molecule has 2 amide bonds. The van der Waals surface area contributed by atoms with Crippen molar-refractivity contribution >= 4 is 17.7 Å². The predicted molar refractivity (Wildman–Crippen MR) is 78.7 cm³/mol. The standard InChI is InChI=1S/C15H22N2O3/c1-15(2,3)20-14(19)17-12-8-5-11(6-9-12)7-10-13(18)16-4/h5-6,8-9H,7,10H2,1-4H3,(H,16,18)(H,17,19). The van der Waals surface area contributed by atoms with Gasteiger partial charge in [-0.15, -0.1) is 0 Å². The second-order valence-electron chi connectivity index (χ2n) is 5.50. The molecule has 0 radical (unpaired) electrons. The highest BCUT2D eigenvalue weighted by Crippen LogP contribution is 2.13. The zero-order chi connectivity index (χ0) is 15.2. The molecule has 5 nitrogen and oxygen atoms in total. The molecule has 0 aliphatic carbocycles. The average molecular weight is 278 g/mol. The summed E-state index contributed by atoms with van der Waals surface area (Å²) in [6.07, 6.45) is 0.650. The monoisotopic (exact) mass is 278 g/mol. The van der Waals surface area contributed by atoms with Gasteiger partial charge in [-0.25, -0.2) is 4.79 Å². The highest BCUT2D eigenvalue weighted by molar-refractivity contribution is 5.84. The first-order valence-corrected chi connectivity index (χ1v) is 6.59. The first-order chi connectivity index (χ1) is 9.30. The molecule has 0 saturated carbocycles. The third kappa shape index (κ3) is 6.22. The van der Waals surface area contributed by atoms with Crippen LogP contribution >= 0.6 is 0 Å². The van der Waals surface area contributed by atoms with Crippen LogP contribution in [0, 0.1) is 0 Å². The van der Waals surface area contributed by atoms with Gasteiger partial charge in [-0.1, -0.05) is 12.1 Å². The topological polar surface area (TPSA) is 67.4 Å². The van der Waals surface area contributed by atoms with E-state index in [-0.39, 0.29) is 5.91 Å². The van der Waals surface area contributed by atoms with Crippen LogP contribution in [0.4, 0.5) is 10.5 Å². The number of ether oxygens (including phenoxy) is 1. The molecule has 0 aliphatic heterocycles. The molecule has 0 bridgehead atoms. The van der Waals surface area contributed by atoms with Gasteiger partial charge in [-0.05, 0) is 44.9 Å². The molecule has 1 aromatic carbocycles. The molecule has 0 aliphatic rings. The smallest absolute Gasteiger partial charge is 0.412 e. The van der Waals surface area contributed by atoms with Crippen LogP contribution in [0.15, 0.2) is 24.3 Å². The van der Waals surface area contributed by atoms with Crippen molar-refractivity contribution in [2.24, 2.45) is 0 Å². The van der Waals surface area contributed by atoms with Crippen molar-refractivity contribution in [1.82, 2.24) is 5.32 Å². The summed E-state index contributed by atoms with van der Waals surface area (Å²) in [6, 6.07) is 7.36. The number of rotatable bonds is 4. The summed E-state index contributed by atoms with van der Waals surface area (Å²) < 4.78 is 5.16. The fourth-order valence-electron chi connectivity index (χ4n) is 1.56. The normalized spacial score (nSPS) is 10.8. The highest BCUT2D eigenvalue weighted by Gasteiger charge is 2.16. The molecule has 2 N–H and O–H groups in total. The Morgan fingerprint density at radius 2 is 1.75 bits per heavy atom. The Bertz CT molecular complexity index is 461. The summed E-state index contributed by atoms with van der Waals surface area (Å²) in [5.41, 5.74) is 1.20. The first-order valence-electron chi connectivity index (χ1n) is 6.59. The van der Waals surface area contributed by atoms with Gasteiger partial charge in [-0.2, -0.15) is 0 Å². The molecule has 20 heavy (non-hydrogen) atoms. The van der Waals surface area contributed by atoms with Gasteiger partial charge in [0.2, 0.25) is 5.91 Å². The van der Waals surface area contributed by atoms with E-state index in [9.17, 15) is 9.59 Å². The second-order valence-corrected chi connectivity index (χ2v) is 5.50. The number of anilines is 1. The van der Waals surface area contributed by atoms with Crippen LogP contribution in [0.2, 0.25) is 0 Å². The van der Waals surface area contributed by atoms with E-state index in [4.69, 9.17) is 4.74 Å². The minimum absolute atomic E-state index is 0.0148. The lowest BCUT2D eigenvalue weighted by Gasteiger charge is -2.19. The summed E-state index contributed by atoms with van der Waals surface area (Å²) >= 11 is 0. The van der Waals surface area contributed by atoms with Crippen LogP contribution in [-0.2, 0) is 16.0 Å². The van der Waals surface area contributed by atoms with E-state index in [0.29, 0.717) is 18.5 Å². The van der Waals surface area contributed by atoms with E-state index in [1.807, 2.05) is 32.9 Å². The van der Waals surface area contributed by atoms with Gasteiger partial charge in [0, 0.05) is 19.2 Å². The van der Waals surface area contributed by atoms with Crippen molar-refractivity contribution in [2.45, 2.75) is 39.2 Å². The number of hydrogen-bond acceptors (Lipinski definition) is 3. The molecule has 1 aromatic rings. The predicted octanol–water partition coefficient (Wildman–Crippen LogP) is 2.71. The fraction of sp³-hybridized carbons (Fsp3) is 0.467. The molecule has 1 rings (SSSR count). The first kappa shape index (κ1) is 16.0. The number of hydrogen-bond donors (Lipinski definition) is 2. The molecule has 0 saturated heterocycles. The molecule has 0 heterocycles. The third-order valence-corrected chi connectivity index (χ3v) is 2.52. The van der Waals surface area contributed by atoms with Crippen molar-refractivity contribution in [2.75, 3.05) is 12.4 Å². The van der Waals surface area contributed by atoms with Gasteiger partial charge in [0.1, 0.15) is 5.60 Å². The Kier molecular flexibility index (Phi) is 5.55. The van der Waals surface area contributed by atoms with E-state index in [1.165, 1.54) is 0 Å². The van der Waals surface area contributed by atoms with Crippen LogP contribution in [0.25, 0.3) is 0 Å². The summed E-state index contributed by atoms with van der Waals surface area (Å²) in [7, 11) is 1.62. The molecule has 5 heteroatoms. The fourth-order valence-corrected chi connectivity index (χ4v) is 1.56. The van der Waals surface area contributed by atoms with Gasteiger partial charge in [0.05, 0.1) is 0 Å². The summed E-state index contributed by atoms with van der Waals surface area (Å²) in [6.45, 7) is 5.44. The van der Waals surface area contributed by atoms with Gasteiger partial charge in [0.15, 0.2) is 0 Å². The largest absolute Gasteiger partial charge is 0.444 e. The Hall–Kier alpha value is -2.04. The number of amides is 2. The Morgan fingerprint density at radius 1 is 1.15 bits per heavy atom. The lowest BCUT2D eigenvalue weighted by atomic mass is 10.1. The maximum atomic E-state index is 11.6. The van der Waals surface area contributed by atoms with Gasteiger partial charge in [0.25, 0.3) is 0 Å². The Labute approximate surface area is 119 Å². The lowest BCUT2D eigenvalue weighted by molar-refractivity contribution is -0.120. The van der Waals surface area contributed by atoms with E-state index < -0.39 is 11.7 Å². The third-order valence-electron chi connectivity index (χ3n) is 2.52. The van der Waals surface area contributed by atoms with Crippen molar-refractivity contribution in [3.63, 3.8) is 0 Å². The maximum Gasteiger partial charge on any atom is 0.412 e. The number of carbonyl (C=O) groups is 2. The van der Waals surface area contributed by atoms with Gasteiger partial charge >= 0.3 is 6.09 Å². The minimum atomic E-state index is -0.516. The van der Waals surface area contributed by atoms with Crippen LogP contribution in [0.3, 0.4) is 0 Å². The quantitative estimate of drug-likeness (QED) is 0.889. The zero-order valence-corrected chi connectivity index (χ0v) is 12.4. The van der Waals surface area contributed by atoms with Gasteiger partial charge in [-0.3, -0.25) is 10.1 Å². The van der Waals surface area contributed by atoms with Crippen molar-refractivity contribution in [1.29, 1.82) is 0 Å². The molecule has 0 spiro atoms. The van der Waals surface area contributed by atoms with Crippen LogP contribution in [0.5, 0.6) is 0 Å². The zero-order valence-electron chi connectivity index (χ0n) is 12.4. The van der Waals surface area contributed by atoms with Crippen molar-refractivity contribution in [3.8, 4) is 0 Å². The summed E-state index contributed by atoms with van der Waals surface area (Å²) in [5, 5.41) is 5.24. The molecule has 0 atom stereocenters. The molecule has 0 aromatic heterocycles. The summed E-state index contributed by atoms with van der Waals surface area (Å²) in [4.78, 5) is 22.7. The number of benzene rings is 1. The average Bonchev–Trinajstić information content (AvgIpc) is 2.35. The van der Waals surface area contributed by atoms with Crippen LogP contribution in [-0.4, -0.2) is 24.6 Å². The highest BCUT2D eigenvalue weighted by atomic mass is 16.6. The molecular formula is C15H22N2O3. The van der Waals surface area contributed by atoms with E-state index >= 15 is 0 Å². The lowest BCUT2D eigenvalue weighted by Crippen LogP contribution is -2.27. The van der Waals surface area contributed by atoms with E-state index in [0.717, 1.165) is 5.56 Å². The van der Waals surface area contributed by atoms with Gasteiger partial charge < -0.3 is 10.1 Å². The van der Waals surface area contributed by atoms with Crippen LogP contribution in [0.1, 0.15) is 32.8 Å². The SMILES string of the molecule is CNC(=O)CCc1ccc(NC(=O)OC(C)(C)C)cc1. The molecular weight excluding hydrogens is 256 g/mol. The van der Waals surface area contributed by atoms with Crippen molar-refractivity contribution in [3.05, 3.63) is 29.8 Å². The van der Waals surface area contributed by atoms with Crippen LogP contribution < -0.4 is 10.6 Å². The minimum Gasteiger partial charge on any atom is -0.444 e. The maximum absolute atomic E-state index is 11.6. The molecule has 0 unspecified atom stereocenters. The second kappa shape index (κ2) is 6.93. The molecule has 0 fully saturated rings. The number of aryl methyl sites for hydroxylation is 1. The Balaban J connectivity index is 2.50. The molecule has 110 valence electrons. The number of carbonyl (C=O) groups excluding carboxylic acids is 2. The van der Waals surface area contributed by atoms with Crippen molar-refractivity contribution < 1.29 is 14.3 Å². The van der Waals surface area contributed by atoms with E-state index in [2.05, 4.69) is 10.6 Å². The number of nitrogens with one attached hydrogen (secondary N) is 2. The summed E-state index contributed by atoms with van der Waals surface area (Å²) in [5.74, 6) is 0.0148.